The molecule has 6 heterocycles. The molecule has 4 saturated heterocycles. The average Bonchev–Trinajstić information content (AvgIpc) is 1.56. The Morgan fingerprint density at radius 1 is 0.583 bits per heavy atom. The quantitative estimate of drug-likeness (QED) is 0.0432. The molecule has 2 spiro atoms. The predicted molar refractivity (Wildman–Crippen MR) is 366 cm³/mol. The van der Waals surface area contributed by atoms with Crippen molar-refractivity contribution in [3.8, 4) is 23.3 Å². The second kappa shape index (κ2) is 36.5. The average molecular weight is 1340 g/mol. The van der Waals surface area contributed by atoms with Crippen molar-refractivity contribution in [1.29, 1.82) is 0 Å². The van der Waals surface area contributed by atoms with Gasteiger partial charge in [-0.15, -0.1) is 20.4 Å². The van der Waals surface area contributed by atoms with E-state index in [1.54, 1.807) is 24.0 Å². The SMILES string of the molecule is CCN(C(=O)c1cc(F)ccc1Oc1nncnc1N1CCC2(C1)CN([C@H](CCCN(C)[C@H](C)COC)C(C)C)C2)C(C)C.CCN(C(=O)c1cc(F)ccc1Oc1nncnc1N1CCC2(C1)CN([C@H](CCCN(C)[C@H](C)COC)C(C)C)C2)C(C)C.O=C(O)/C=C/C(=O)O. The molecular formula is C70H108F2N14O10. The Kier molecular flexibility index (Phi) is 29.6. The molecule has 2 amide bonds. The number of aromatic nitrogens is 6. The Bertz CT molecular complexity index is 2960. The number of aliphatic carboxylic acids is 2. The Labute approximate surface area is 567 Å². The molecule has 2 aromatic heterocycles. The fraction of sp³-hybridized carbons (Fsp3) is 0.657. The Balaban J connectivity index is 0.000000272. The first-order valence-corrected chi connectivity index (χ1v) is 34.0. The summed E-state index contributed by atoms with van der Waals surface area (Å²) in [5, 5.41) is 32.1. The first-order chi connectivity index (χ1) is 45.6. The first-order valence-electron chi connectivity index (χ1n) is 34.0. The molecule has 0 radical (unpaired) electrons. The third-order valence-corrected chi connectivity index (χ3v) is 19.2. The minimum absolute atomic E-state index is 0.0404. The van der Waals surface area contributed by atoms with E-state index in [0.29, 0.717) is 72.9 Å². The normalized spacial score (nSPS) is 17.2. The first kappa shape index (κ1) is 77.9. The number of likely N-dealkylation sites (N-methyl/N-ethyl adjacent to an activating group) is 2. The van der Waals surface area contributed by atoms with Crippen molar-refractivity contribution in [3.05, 3.63) is 84.0 Å². The molecule has 8 rings (SSSR count). The van der Waals surface area contributed by atoms with Crippen molar-refractivity contribution in [2.45, 2.75) is 158 Å². The molecule has 4 aliphatic rings. The minimum Gasteiger partial charge on any atom is -0.478 e. The van der Waals surface area contributed by atoms with Crippen LogP contribution in [0.3, 0.4) is 0 Å². The summed E-state index contributed by atoms with van der Waals surface area (Å²) in [6.45, 7) is 37.6. The van der Waals surface area contributed by atoms with Gasteiger partial charge in [0.25, 0.3) is 23.6 Å². The van der Waals surface area contributed by atoms with E-state index in [-0.39, 0.29) is 69.1 Å². The van der Waals surface area contributed by atoms with Gasteiger partial charge in [-0.3, -0.25) is 19.4 Å². The summed E-state index contributed by atoms with van der Waals surface area (Å²) in [5.41, 5.74) is 0.719. The second-order valence-electron chi connectivity index (χ2n) is 27.7. The van der Waals surface area contributed by atoms with Gasteiger partial charge in [-0.25, -0.2) is 28.3 Å². The topological polar surface area (TPSA) is 249 Å². The number of carbonyl (C=O) groups is 4. The van der Waals surface area contributed by atoms with E-state index in [4.69, 9.17) is 29.2 Å². The number of nitrogens with zero attached hydrogens (tertiary/aromatic N) is 14. The molecular weight excluding hydrogens is 1230 g/mol. The van der Waals surface area contributed by atoms with E-state index in [0.717, 1.165) is 104 Å². The maximum absolute atomic E-state index is 14.3. The molecule has 0 unspecified atom stereocenters. The second-order valence-corrected chi connectivity index (χ2v) is 27.7. The number of likely N-dealkylation sites (tertiary alicyclic amines) is 2. The summed E-state index contributed by atoms with van der Waals surface area (Å²) in [7, 11) is 7.88. The van der Waals surface area contributed by atoms with E-state index in [9.17, 15) is 28.0 Å². The van der Waals surface area contributed by atoms with Crippen molar-refractivity contribution in [3.63, 3.8) is 0 Å². The van der Waals surface area contributed by atoms with Crippen LogP contribution in [-0.4, -0.2) is 250 Å². The third kappa shape index (κ3) is 21.2. The van der Waals surface area contributed by atoms with Gasteiger partial charge in [0.2, 0.25) is 0 Å². The lowest BCUT2D eigenvalue weighted by atomic mass is 9.76. The number of rotatable bonds is 32. The lowest BCUT2D eigenvalue weighted by molar-refractivity contribution is -0.134. The summed E-state index contributed by atoms with van der Waals surface area (Å²) in [4.78, 5) is 72.8. The summed E-state index contributed by atoms with van der Waals surface area (Å²) in [5.74, 6) is -0.791. The van der Waals surface area contributed by atoms with E-state index in [1.807, 2.05) is 41.5 Å². The van der Waals surface area contributed by atoms with Crippen LogP contribution in [0, 0.1) is 34.3 Å². The fourth-order valence-corrected chi connectivity index (χ4v) is 13.7. The molecule has 0 bridgehead atoms. The van der Waals surface area contributed by atoms with Gasteiger partial charge >= 0.3 is 11.9 Å². The zero-order chi connectivity index (χ0) is 70.6. The van der Waals surface area contributed by atoms with Gasteiger partial charge in [-0.1, -0.05) is 27.7 Å². The van der Waals surface area contributed by atoms with Gasteiger partial charge in [-0.2, -0.15) is 0 Å². The number of carbonyl (C=O) groups excluding carboxylic acids is 2. The molecule has 0 saturated carbocycles. The van der Waals surface area contributed by atoms with Crippen molar-refractivity contribution in [1.82, 2.24) is 59.8 Å². The standard InChI is InChI=1S/2C33H52FN7O3.C4H4O4/c2*1-9-41(24(4)5)32(42)27-17-26(34)12-13-29(27)44-31-30(35-22-36-37-31)39-16-14-33(19-39)20-40(21-33)28(23(2)3)11-10-15-38(7)25(6)18-43-8;5-3(6)1-2-4(7)8/h2*12-13,17,22-25,28H,9-11,14-16,18-21H2,1-8H3;1-2H,(H,5,6)(H,7,8)/b;;2-1+/t2*25-,28-;/m11./s1. The van der Waals surface area contributed by atoms with Crippen molar-refractivity contribution >= 4 is 35.4 Å². The van der Waals surface area contributed by atoms with E-state index in [2.05, 4.69) is 115 Å². The van der Waals surface area contributed by atoms with Gasteiger partial charge in [0.1, 0.15) is 35.8 Å². The Morgan fingerprint density at radius 2 is 0.948 bits per heavy atom. The van der Waals surface area contributed by atoms with Crippen molar-refractivity contribution < 1.29 is 57.1 Å². The van der Waals surface area contributed by atoms with Crippen LogP contribution in [0.15, 0.2) is 61.2 Å². The molecule has 532 valence electrons. The number of carboxylic acid groups (broad SMARTS) is 2. The zero-order valence-corrected chi connectivity index (χ0v) is 59.7. The molecule has 4 aromatic rings. The summed E-state index contributed by atoms with van der Waals surface area (Å²) >= 11 is 0. The monoisotopic (exact) mass is 1340 g/mol. The molecule has 96 heavy (non-hydrogen) atoms. The predicted octanol–water partition coefficient (Wildman–Crippen LogP) is 9.63. The molecule has 4 aliphatic heterocycles. The summed E-state index contributed by atoms with van der Waals surface area (Å²) < 4.78 is 51.6. The Hall–Kier alpha value is -7.10. The van der Waals surface area contributed by atoms with Crippen molar-refractivity contribution in [2.75, 3.05) is 130 Å². The van der Waals surface area contributed by atoms with Crippen LogP contribution in [0.1, 0.15) is 142 Å². The molecule has 24 nitrogen and oxygen atoms in total. The lowest BCUT2D eigenvalue weighted by Gasteiger charge is -2.53. The number of methoxy groups -OCH3 is 2. The molecule has 4 fully saturated rings. The van der Waals surface area contributed by atoms with Crippen LogP contribution < -0.4 is 19.3 Å². The third-order valence-electron chi connectivity index (χ3n) is 19.2. The molecule has 4 atom stereocenters. The number of anilines is 2. The van der Waals surface area contributed by atoms with E-state index in [1.165, 1.54) is 61.9 Å². The smallest absolute Gasteiger partial charge is 0.328 e. The Morgan fingerprint density at radius 3 is 1.26 bits per heavy atom. The van der Waals surface area contributed by atoms with Gasteiger partial charge < -0.3 is 58.6 Å². The lowest BCUT2D eigenvalue weighted by Crippen LogP contribution is -2.62. The van der Waals surface area contributed by atoms with E-state index < -0.39 is 23.6 Å². The van der Waals surface area contributed by atoms with Crippen molar-refractivity contribution in [2.24, 2.45) is 22.7 Å². The largest absolute Gasteiger partial charge is 0.478 e. The summed E-state index contributed by atoms with van der Waals surface area (Å²) in [6, 6.07) is 9.86. The number of hydrogen-bond donors (Lipinski definition) is 2. The van der Waals surface area contributed by atoms with E-state index >= 15 is 0 Å². The zero-order valence-electron chi connectivity index (χ0n) is 59.7. The van der Waals surface area contributed by atoms with Gasteiger partial charge in [0.05, 0.1) is 24.3 Å². The maximum atomic E-state index is 14.3. The van der Waals surface area contributed by atoms with Crippen LogP contribution in [0.5, 0.6) is 23.3 Å². The fourth-order valence-electron chi connectivity index (χ4n) is 13.7. The molecule has 26 heteroatoms. The van der Waals surface area contributed by atoms with Crippen LogP contribution in [0.4, 0.5) is 20.4 Å². The van der Waals surface area contributed by atoms with Crippen LogP contribution in [0.2, 0.25) is 0 Å². The number of ether oxygens (including phenoxy) is 4. The number of halogens is 2. The maximum Gasteiger partial charge on any atom is 0.328 e. The highest BCUT2D eigenvalue weighted by molar-refractivity contribution is 5.98. The van der Waals surface area contributed by atoms with Gasteiger partial charge in [0, 0.05) is 139 Å². The number of benzene rings is 2. The molecule has 0 aliphatic carbocycles. The van der Waals surface area contributed by atoms with Gasteiger partial charge in [-0.05, 0) is 169 Å². The number of carboxylic acids is 2. The molecule has 2 N–H and O–H groups in total. The van der Waals surface area contributed by atoms with Crippen LogP contribution in [0.25, 0.3) is 0 Å². The minimum atomic E-state index is -1.26. The van der Waals surface area contributed by atoms with Crippen LogP contribution in [-0.2, 0) is 19.1 Å². The number of hydrogen-bond acceptors (Lipinski definition) is 20. The molecule has 2 aromatic carbocycles. The number of amides is 2. The highest BCUT2D eigenvalue weighted by Crippen LogP contribution is 2.47. The highest BCUT2D eigenvalue weighted by atomic mass is 19.1. The van der Waals surface area contributed by atoms with Gasteiger partial charge in [0.15, 0.2) is 11.6 Å². The van der Waals surface area contributed by atoms with Crippen LogP contribution >= 0.6 is 0 Å². The summed E-state index contributed by atoms with van der Waals surface area (Å²) in [6.07, 6.45) is 10.8. The highest BCUT2D eigenvalue weighted by Gasteiger charge is 2.52.